The SMILES string of the molecule is CC.COC(=O)C(N)CC1CC2(CCN(C(C)=O)CC2)NC1=O. The van der Waals surface area contributed by atoms with Gasteiger partial charge in [0.05, 0.1) is 7.11 Å². The van der Waals surface area contributed by atoms with Gasteiger partial charge in [-0.2, -0.15) is 0 Å². The number of ether oxygens (including phenoxy) is 1. The van der Waals surface area contributed by atoms with E-state index in [0.29, 0.717) is 25.9 Å². The van der Waals surface area contributed by atoms with E-state index in [-0.39, 0.29) is 23.3 Å². The van der Waals surface area contributed by atoms with Gasteiger partial charge in [0, 0.05) is 31.5 Å². The Labute approximate surface area is 137 Å². The highest BCUT2D eigenvalue weighted by Gasteiger charge is 2.46. The van der Waals surface area contributed by atoms with E-state index in [1.807, 2.05) is 13.8 Å². The lowest BCUT2D eigenvalue weighted by Gasteiger charge is -2.39. The number of nitrogens with two attached hydrogens (primary N) is 1. The van der Waals surface area contributed by atoms with Gasteiger partial charge in [-0.15, -0.1) is 0 Å². The number of esters is 1. The van der Waals surface area contributed by atoms with Gasteiger partial charge in [0.15, 0.2) is 0 Å². The fraction of sp³-hybridized carbons (Fsp3) is 0.812. The van der Waals surface area contributed by atoms with Crippen LogP contribution < -0.4 is 11.1 Å². The van der Waals surface area contributed by atoms with Crippen LogP contribution in [-0.2, 0) is 19.1 Å². The molecule has 2 saturated heterocycles. The van der Waals surface area contributed by atoms with E-state index in [4.69, 9.17) is 5.73 Å². The minimum atomic E-state index is -0.766. The van der Waals surface area contributed by atoms with Crippen LogP contribution in [0.15, 0.2) is 0 Å². The standard InChI is InChI=1S/C14H23N3O4.C2H6/c1-9(18)17-5-3-14(4-6-17)8-10(12(19)16-14)7-11(15)13(20)21-2;1-2/h10-11H,3-8,15H2,1-2H3,(H,16,19);1-2H3. The number of carbonyl (C=O) groups is 3. The van der Waals surface area contributed by atoms with E-state index < -0.39 is 12.0 Å². The van der Waals surface area contributed by atoms with Crippen molar-refractivity contribution >= 4 is 17.8 Å². The van der Waals surface area contributed by atoms with Crippen LogP contribution in [0, 0.1) is 5.92 Å². The lowest BCUT2D eigenvalue weighted by Crippen LogP contribution is -2.51. The summed E-state index contributed by atoms with van der Waals surface area (Å²) in [6.07, 6.45) is 2.48. The van der Waals surface area contributed by atoms with Crippen molar-refractivity contribution in [2.24, 2.45) is 11.7 Å². The summed E-state index contributed by atoms with van der Waals surface area (Å²) in [5, 5.41) is 3.06. The highest BCUT2D eigenvalue weighted by atomic mass is 16.5. The maximum absolute atomic E-state index is 12.1. The minimum Gasteiger partial charge on any atom is -0.468 e. The fourth-order valence-electron chi connectivity index (χ4n) is 3.30. The summed E-state index contributed by atoms with van der Waals surface area (Å²) in [7, 11) is 1.29. The lowest BCUT2D eigenvalue weighted by atomic mass is 9.82. The average Bonchev–Trinajstić information content (AvgIpc) is 2.84. The number of nitrogens with one attached hydrogen (secondary N) is 1. The maximum Gasteiger partial charge on any atom is 0.322 e. The van der Waals surface area contributed by atoms with Gasteiger partial charge in [0.2, 0.25) is 11.8 Å². The molecule has 132 valence electrons. The molecule has 2 amide bonds. The normalized spacial score (nSPS) is 23.6. The molecule has 2 rings (SSSR count). The minimum absolute atomic E-state index is 0.0503. The van der Waals surface area contributed by atoms with Crippen LogP contribution in [0.3, 0.4) is 0 Å². The first-order valence-electron chi connectivity index (χ1n) is 8.28. The van der Waals surface area contributed by atoms with Crippen molar-refractivity contribution in [2.75, 3.05) is 20.2 Å². The highest BCUT2D eigenvalue weighted by Crippen LogP contribution is 2.36. The maximum atomic E-state index is 12.1. The molecule has 0 bridgehead atoms. The summed E-state index contributed by atoms with van der Waals surface area (Å²) in [4.78, 5) is 36.6. The summed E-state index contributed by atoms with van der Waals surface area (Å²) < 4.78 is 4.60. The van der Waals surface area contributed by atoms with Crippen molar-refractivity contribution in [3.05, 3.63) is 0 Å². The van der Waals surface area contributed by atoms with Gasteiger partial charge in [-0.3, -0.25) is 14.4 Å². The first-order chi connectivity index (χ1) is 10.9. The number of piperidine rings is 1. The van der Waals surface area contributed by atoms with E-state index in [2.05, 4.69) is 10.1 Å². The summed E-state index contributed by atoms with van der Waals surface area (Å²) in [6.45, 7) is 6.88. The Hall–Kier alpha value is -1.63. The Bertz CT molecular complexity index is 445. The summed E-state index contributed by atoms with van der Waals surface area (Å²) in [5.41, 5.74) is 5.50. The fourth-order valence-corrected chi connectivity index (χ4v) is 3.30. The molecular weight excluding hydrogens is 298 g/mol. The molecule has 3 N–H and O–H groups in total. The molecule has 2 heterocycles. The lowest BCUT2D eigenvalue weighted by molar-refractivity contribution is -0.142. The number of hydrogen-bond donors (Lipinski definition) is 2. The Kier molecular flexibility index (Phi) is 7.00. The summed E-state index contributed by atoms with van der Waals surface area (Å²) >= 11 is 0. The molecule has 0 aromatic carbocycles. The number of likely N-dealkylation sites (tertiary alicyclic amines) is 1. The Morgan fingerprint density at radius 2 is 1.96 bits per heavy atom. The van der Waals surface area contributed by atoms with Gasteiger partial charge in [0.1, 0.15) is 6.04 Å². The van der Waals surface area contributed by atoms with E-state index in [1.165, 1.54) is 7.11 Å². The zero-order chi connectivity index (χ0) is 17.6. The van der Waals surface area contributed by atoms with Crippen LogP contribution in [-0.4, -0.2) is 54.5 Å². The van der Waals surface area contributed by atoms with Gasteiger partial charge >= 0.3 is 5.97 Å². The number of carbonyl (C=O) groups excluding carboxylic acids is 3. The van der Waals surface area contributed by atoms with Gasteiger partial charge in [-0.1, -0.05) is 13.8 Å². The van der Waals surface area contributed by atoms with Crippen molar-refractivity contribution in [3.8, 4) is 0 Å². The molecule has 1 spiro atoms. The Morgan fingerprint density at radius 3 is 2.43 bits per heavy atom. The first kappa shape index (κ1) is 19.4. The predicted octanol–water partition coefficient (Wildman–Crippen LogP) is 0.420. The van der Waals surface area contributed by atoms with Gasteiger partial charge in [0.25, 0.3) is 0 Å². The molecule has 0 radical (unpaired) electrons. The van der Waals surface area contributed by atoms with Crippen LogP contribution >= 0.6 is 0 Å². The molecule has 7 heteroatoms. The molecule has 2 unspecified atom stereocenters. The predicted molar refractivity (Wildman–Crippen MR) is 86.4 cm³/mol. The monoisotopic (exact) mass is 327 g/mol. The molecule has 2 aliphatic heterocycles. The quantitative estimate of drug-likeness (QED) is 0.732. The number of nitrogens with zero attached hydrogens (tertiary/aromatic N) is 1. The largest absolute Gasteiger partial charge is 0.468 e. The highest BCUT2D eigenvalue weighted by molar-refractivity contribution is 5.84. The van der Waals surface area contributed by atoms with E-state index in [0.717, 1.165) is 12.8 Å². The average molecular weight is 327 g/mol. The molecule has 2 aliphatic rings. The van der Waals surface area contributed by atoms with Gasteiger partial charge in [-0.25, -0.2) is 0 Å². The van der Waals surface area contributed by atoms with Crippen LogP contribution in [0.2, 0.25) is 0 Å². The van der Waals surface area contributed by atoms with Crippen molar-refractivity contribution in [1.29, 1.82) is 0 Å². The number of rotatable bonds is 3. The van der Waals surface area contributed by atoms with Crippen LogP contribution in [0.4, 0.5) is 0 Å². The molecule has 0 aromatic rings. The molecule has 2 atom stereocenters. The molecule has 0 aromatic heterocycles. The zero-order valence-electron chi connectivity index (χ0n) is 14.6. The molecule has 2 fully saturated rings. The van der Waals surface area contributed by atoms with Crippen molar-refractivity contribution in [2.45, 2.75) is 58.0 Å². The van der Waals surface area contributed by atoms with Crippen molar-refractivity contribution < 1.29 is 19.1 Å². The number of hydrogen-bond acceptors (Lipinski definition) is 5. The van der Waals surface area contributed by atoms with Crippen LogP contribution in [0.1, 0.15) is 46.5 Å². The third-order valence-corrected chi connectivity index (χ3v) is 4.60. The third kappa shape index (κ3) is 4.67. The van der Waals surface area contributed by atoms with E-state index in [9.17, 15) is 14.4 Å². The third-order valence-electron chi connectivity index (χ3n) is 4.60. The summed E-state index contributed by atoms with van der Waals surface area (Å²) in [5.74, 6) is -0.734. The van der Waals surface area contributed by atoms with E-state index in [1.54, 1.807) is 11.8 Å². The topological polar surface area (TPSA) is 102 Å². The smallest absolute Gasteiger partial charge is 0.322 e. The number of methoxy groups -OCH3 is 1. The van der Waals surface area contributed by atoms with Crippen molar-refractivity contribution in [1.82, 2.24) is 10.2 Å². The second kappa shape index (κ2) is 8.29. The number of amides is 2. The second-order valence-electron chi connectivity index (χ2n) is 6.04. The molecule has 0 saturated carbocycles. The zero-order valence-corrected chi connectivity index (χ0v) is 14.6. The first-order valence-corrected chi connectivity index (χ1v) is 8.28. The summed E-state index contributed by atoms with van der Waals surface area (Å²) in [6, 6.07) is -0.766. The Balaban J connectivity index is 0.00000127. The van der Waals surface area contributed by atoms with E-state index >= 15 is 0 Å². The molecular formula is C16H29N3O4. The molecule has 23 heavy (non-hydrogen) atoms. The van der Waals surface area contributed by atoms with Gasteiger partial charge < -0.3 is 20.7 Å². The molecule has 0 aliphatic carbocycles. The van der Waals surface area contributed by atoms with Crippen molar-refractivity contribution in [3.63, 3.8) is 0 Å². The second-order valence-corrected chi connectivity index (χ2v) is 6.04. The van der Waals surface area contributed by atoms with Crippen LogP contribution in [0.5, 0.6) is 0 Å². The Morgan fingerprint density at radius 1 is 1.39 bits per heavy atom. The molecule has 7 nitrogen and oxygen atoms in total. The van der Waals surface area contributed by atoms with Crippen LogP contribution in [0.25, 0.3) is 0 Å². The van der Waals surface area contributed by atoms with Gasteiger partial charge in [-0.05, 0) is 25.7 Å².